The van der Waals surface area contributed by atoms with E-state index in [0.717, 1.165) is 35.5 Å². The number of hydrogen-bond acceptors (Lipinski definition) is 4. The number of methoxy groups -OCH3 is 1. The maximum atomic E-state index is 12.2. The van der Waals surface area contributed by atoms with Crippen molar-refractivity contribution in [1.29, 1.82) is 0 Å². The average Bonchev–Trinajstić information content (AvgIpc) is 2.76. The number of carbonyl (C=O) groups is 1. The number of fused-ring (bicyclic) bond motifs is 3. The predicted molar refractivity (Wildman–Crippen MR) is 119 cm³/mol. The lowest BCUT2D eigenvalue weighted by Gasteiger charge is -2.50. The van der Waals surface area contributed by atoms with E-state index < -0.39 is 17.5 Å². The van der Waals surface area contributed by atoms with Crippen LogP contribution in [0.5, 0.6) is 11.5 Å². The molecule has 0 aliphatic carbocycles. The van der Waals surface area contributed by atoms with Crippen LogP contribution < -0.4 is 9.47 Å². The van der Waals surface area contributed by atoms with E-state index in [1.807, 2.05) is 30.3 Å². The second-order valence-corrected chi connectivity index (χ2v) is 9.17. The molecule has 5 heteroatoms. The average molecular weight is 425 g/mol. The molecule has 2 aliphatic heterocycles. The summed E-state index contributed by atoms with van der Waals surface area (Å²) in [4.78, 5) is 12.2. The number of carboxylic acids is 1. The molecule has 0 amide bonds. The SMILES string of the molecule is CCc1cccc2c1OC(C)(C)[C@H]1C[C@@H](C(=O)O)[C@H](CCc3cccc(OC)c3)O[C@H]21. The number of carboxylic acid groups (broad SMARTS) is 1. The Labute approximate surface area is 184 Å². The van der Waals surface area contributed by atoms with Crippen LogP contribution in [0.25, 0.3) is 0 Å². The molecule has 0 radical (unpaired) electrons. The Morgan fingerprint density at radius 1 is 1.23 bits per heavy atom. The van der Waals surface area contributed by atoms with Crippen molar-refractivity contribution in [1.82, 2.24) is 0 Å². The molecule has 1 fully saturated rings. The highest BCUT2D eigenvalue weighted by molar-refractivity contribution is 5.71. The lowest BCUT2D eigenvalue weighted by molar-refractivity contribution is -0.188. The molecular weight excluding hydrogens is 392 g/mol. The van der Waals surface area contributed by atoms with Crippen LogP contribution in [0.15, 0.2) is 42.5 Å². The zero-order chi connectivity index (χ0) is 22.2. The fraction of sp³-hybridized carbons (Fsp3) is 0.500. The van der Waals surface area contributed by atoms with Gasteiger partial charge in [0, 0.05) is 11.5 Å². The number of aliphatic carboxylic acids is 1. The Kier molecular flexibility index (Phi) is 5.98. The zero-order valence-electron chi connectivity index (χ0n) is 18.8. The van der Waals surface area contributed by atoms with Crippen LogP contribution in [0.2, 0.25) is 0 Å². The van der Waals surface area contributed by atoms with E-state index in [0.29, 0.717) is 12.8 Å². The van der Waals surface area contributed by atoms with Crippen LogP contribution in [-0.2, 0) is 22.4 Å². The predicted octanol–water partition coefficient (Wildman–Crippen LogP) is 5.21. The normalized spacial score (nSPS) is 26.3. The molecule has 4 rings (SSSR count). The van der Waals surface area contributed by atoms with Gasteiger partial charge in [-0.25, -0.2) is 0 Å². The minimum atomic E-state index is -0.794. The Bertz CT molecular complexity index is 951. The summed E-state index contributed by atoms with van der Waals surface area (Å²) in [5.74, 6) is 0.366. The van der Waals surface area contributed by atoms with Gasteiger partial charge in [0.1, 0.15) is 17.1 Å². The van der Waals surface area contributed by atoms with Crippen molar-refractivity contribution in [3.8, 4) is 11.5 Å². The summed E-state index contributed by atoms with van der Waals surface area (Å²) in [7, 11) is 1.65. The van der Waals surface area contributed by atoms with Gasteiger partial charge in [-0.15, -0.1) is 0 Å². The standard InChI is InChI=1S/C26H32O5/c1-5-17-9-7-11-19-23(17)31-26(2,3)21-15-20(25(27)28)22(30-24(19)21)13-12-16-8-6-10-18(14-16)29-4/h6-11,14,20-22,24H,5,12-13,15H2,1-4H3,(H,27,28)/t20-,21+,22+,24-/m1/s1. The zero-order valence-corrected chi connectivity index (χ0v) is 18.8. The molecule has 166 valence electrons. The Morgan fingerprint density at radius 3 is 2.71 bits per heavy atom. The van der Waals surface area contributed by atoms with E-state index >= 15 is 0 Å². The second-order valence-electron chi connectivity index (χ2n) is 9.17. The first kappa shape index (κ1) is 21.7. The minimum Gasteiger partial charge on any atom is -0.497 e. The molecule has 0 spiro atoms. The molecule has 2 aromatic rings. The third kappa shape index (κ3) is 4.16. The fourth-order valence-corrected chi connectivity index (χ4v) is 5.10. The van der Waals surface area contributed by atoms with Crippen LogP contribution in [0.3, 0.4) is 0 Å². The number of aryl methyl sites for hydroxylation is 2. The number of benzene rings is 2. The summed E-state index contributed by atoms with van der Waals surface area (Å²) in [6.07, 6.45) is 2.31. The number of ether oxygens (including phenoxy) is 3. The fourth-order valence-electron chi connectivity index (χ4n) is 5.10. The highest BCUT2D eigenvalue weighted by atomic mass is 16.5. The van der Waals surface area contributed by atoms with Crippen molar-refractivity contribution in [3.63, 3.8) is 0 Å². The maximum Gasteiger partial charge on any atom is 0.309 e. The molecule has 0 saturated carbocycles. The van der Waals surface area contributed by atoms with Gasteiger partial charge in [-0.05, 0) is 62.8 Å². The van der Waals surface area contributed by atoms with Crippen molar-refractivity contribution >= 4 is 5.97 Å². The number of rotatable bonds is 6. The summed E-state index contributed by atoms with van der Waals surface area (Å²) < 4.78 is 18.4. The molecule has 31 heavy (non-hydrogen) atoms. The third-order valence-electron chi connectivity index (χ3n) is 6.88. The largest absolute Gasteiger partial charge is 0.497 e. The first-order valence-electron chi connectivity index (χ1n) is 11.2. The first-order chi connectivity index (χ1) is 14.8. The molecule has 5 nitrogen and oxygen atoms in total. The summed E-state index contributed by atoms with van der Waals surface area (Å²) >= 11 is 0. The molecule has 0 unspecified atom stereocenters. The first-order valence-corrected chi connectivity index (χ1v) is 11.2. The number of para-hydroxylation sites is 1. The van der Waals surface area contributed by atoms with Crippen molar-refractivity contribution < 1.29 is 24.1 Å². The van der Waals surface area contributed by atoms with Crippen LogP contribution in [0.1, 0.15) is 56.4 Å². The van der Waals surface area contributed by atoms with Crippen LogP contribution >= 0.6 is 0 Å². The lowest BCUT2D eigenvalue weighted by atomic mass is 9.71. The maximum absolute atomic E-state index is 12.2. The monoisotopic (exact) mass is 424 g/mol. The molecule has 4 atom stereocenters. The molecule has 0 aromatic heterocycles. The van der Waals surface area contributed by atoms with E-state index in [-0.39, 0.29) is 18.1 Å². The third-order valence-corrected chi connectivity index (χ3v) is 6.88. The van der Waals surface area contributed by atoms with Gasteiger partial charge >= 0.3 is 5.97 Å². The van der Waals surface area contributed by atoms with Crippen molar-refractivity contribution in [3.05, 3.63) is 59.2 Å². The van der Waals surface area contributed by atoms with Gasteiger partial charge in [0.15, 0.2) is 0 Å². The summed E-state index contributed by atoms with van der Waals surface area (Å²) in [6, 6.07) is 14.1. The van der Waals surface area contributed by atoms with Crippen molar-refractivity contribution in [2.45, 2.75) is 64.3 Å². The molecule has 2 heterocycles. The van der Waals surface area contributed by atoms with Crippen molar-refractivity contribution in [2.24, 2.45) is 11.8 Å². The number of hydrogen-bond donors (Lipinski definition) is 1. The Hall–Kier alpha value is -2.53. The van der Waals surface area contributed by atoms with E-state index in [9.17, 15) is 9.90 Å². The van der Waals surface area contributed by atoms with E-state index in [1.54, 1.807) is 7.11 Å². The van der Waals surface area contributed by atoms with E-state index in [4.69, 9.17) is 14.2 Å². The summed E-state index contributed by atoms with van der Waals surface area (Å²) in [5.41, 5.74) is 2.85. The molecular formula is C26H32O5. The van der Waals surface area contributed by atoms with E-state index in [1.165, 1.54) is 5.56 Å². The van der Waals surface area contributed by atoms with Gasteiger partial charge < -0.3 is 19.3 Å². The van der Waals surface area contributed by atoms with Gasteiger partial charge in [0.2, 0.25) is 0 Å². The molecule has 2 aliphatic rings. The highest BCUT2D eigenvalue weighted by Gasteiger charge is 2.52. The van der Waals surface area contributed by atoms with Crippen LogP contribution in [0, 0.1) is 11.8 Å². The Balaban J connectivity index is 1.62. The quantitative estimate of drug-likeness (QED) is 0.690. The van der Waals surface area contributed by atoms with E-state index in [2.05, 4.69) is 32.9 Å². The van der Waals surface area contributed by atoms with Gasteiger partial charge in [-0.1, -0.05) is 37.3 Å². The molecule has 2 aromatic carbocycles. The van der Waals surface area contributed by atoms with Gasteiger partial charge in [0.05, 0.1) is 25.2 Å². The molecule has 1 saturated heterocycles. The summed E-state index contributed by atoms with van der Waals surface area (Å²) in [6.45, 7) is 6.23. The van der Waals surface area contributed by atoms with Gasteiger partial charge in [-0.2, -0.15) is 0 Å². The van der Waals surface area contributed by atoms with Gasteiger partial charge in [0.25, 0.3) is 0 Å². The molecule has 0 bridgehead atoms. The van der Waals surface area contributed by atoms with Gasteiger partial charge in [-0.3, -0.25) is 4.79 Å². The van der Waals surface area contributed by atoms with Crippen LogP contribution in [-0.4, -0.2) is 29.9 Å². The highest BCUT2D eigenvalue weighted by Crippen LogP contribution is 2.53. The van der Waals surface area contributed by atoms with Crippen LogP contribution in [0.4, 0.5) is 0 Å². The smallest absolute Gasteiger partial charge is 0.309 e. The summed E-state index contributed by atoms with van der Waals surface area (Å²) in [5, 5.41) is 9.99. The minimum absolute atomic E-state index is 0.0127. The van der Waals surface area contributed by atoms with Crippen molar-refractivity contribution in [2.75, 3.05) is 7.11 Å². The second kappa shape index (κ2) is 8.54. The lowest BCUT2D eigenvalue weighted by Crippen LogP contribution is -2.52. The Morgan fingerprint density at radius 2 is 2.00 bits per heavy atom. The topological polar surface area (TPSA) is 65.0 Å². The molecule has 1 N–H and O–H groups in total.